The third-order valence-electron chi connectivity index (χ3n) is 2.93. The number of carbonyl (C=O) groups excluding carboxylic acids is 1. The molecular formula is C16H22N2O4S. The Morgan fingerprint density at radius 1 is 1.22 bits per heavy atom. The number of hydrogen-bond acceptors (Lipinski definition) is 5. The largest absolute Gasteiger partial charge is 0.550 e. The van der Waals surface area contributed by atoms with Crippen LogP contribution in [0, 0.1) is 0 Å². The Bertz CT molecular complexity index is 496. The molecule has 1 aliphatic heterocycles. The fraction of sp³-hybridized carbons (Fsp3) is 0.438. The number of quaternary nitrogens is 1. The van der Waals surface area contributed by atoms with E-state index in [0.29, 0.717) is 12.8 Å². The Labute approximate surface area is 140 Å². The lowest BCUT2D eigenvalue weighted by Crippen LogP contribution is -2.88. The van der Waals surface area contributed by atoms with Gasteiger partial charge < -0.3 is 15.0 Å². The monoisotopic (exact) mass is 338 g/mol. The van der Waals surface area contributed by atoms with E-state index in [2.05, 4.69) is 10.3 Å². The van der Waals surface area contributed by atoms with E-state index in [1.54, 1.807) is 0 Å². The first-order valence-corrected chi connectivity index (χ1v) is 8.58. The van der Waals surface area contributed by atoms with Gasteiger partial charge in [-0.15, -0.1) is 0 Å². The highest BCUT2D eigenvalue weighted by atomic mass is 32.2. The van der Waals surface area contributed by atoms with E-state index < -0.39 is 11.9 Å². The second kappa shape index (κ2) is 11.7. The van der Waals surface area contributed by atoms with Crippen LogP contribution in [-0.2, 0) is 9.59 Å². The molecule has 0 spiro atoms. The molecular weight excluding hydrogens is 316 g/mol. The number of aliphatic imine (C=N–C) groups is 1. The summed E-state index contributed by atoms with van der Waals surface area (Å²) in [5.41, 5.74) is 1.06. The number of unbranched alkanes of at least 4 members (excludes halogenated alkanes) is 1. The number of nitrogens with zero attached hydrogens (tertiary/aromatic N) is 1. The second-order valence-corrected chi connectivity index (χ2v) is 6.07. The van der Waals surface area contributed by atoms with Gasteiger partial charge in [0.25, 0.3) is 5.17 Å². The van der Waals surface area contributed by atoms with Crippen molar-refractivity contribution in [1.29, 1.82) is 0 Å². The number of thioether (sulfide) groups is 1. The number of carbonyl (C=O) groups is 2. The van der Waals surface area contributed by atoms with Gasteiger partial charge in [-0.05, 0) is 43.2 Å². The molecule has 1 fully saturated rings. The van der Waals surface area contributed by atoms with Gasteiger partial charge in [-0.25, -0.2) is 0 Å². The molecule has 0 radical (unpaired) electrons. The number of carboxylic acid groups (broad SMARTS) is 2. The van der Waals surface area contributed by atoms with Crippen molar-refractivity contribution in [3.05, 3.63) is 30.3 Å². The number of benzene rings is 1. The van der Waals surface area contributed by atoms with Gasteiger partial charge in [0.15, 0.2) is 0 Å². The average Bonchev–Trinajstić information content (AvgIpc) is 2.54. The van der Waals surface area contributed by atoms with Gasteiger partial charge in [-0.2, -0.15) is 4.99 Å². The Balaban J connectivity index is 0.000000241. The van der Waals surface area contributed by atoms with Gasteiger partial charge in [0.05, 0.1) is 12.2 Å². The lowest BCUT2D eigenvalue weighted by molar-refractivity contribution is -0.535. The van der Waals surface area contributed by atoms with Crippen molar-refractivity contribution in [3.63, 3.8) is 0 Å². The van der Waals surface area contributed by atoms with Gasteiger partial charge in [0.2, 0.25) is 0 Å². The number of rotatable bonds is 6. The van der Waals surface area contributed by atoms with E-state index in [1.807, 2.05) is 42.1 Å². The number of para-hydroxylation sites is 1. The van der Waals surface area contributed by atoms with Crippen molar-refractivity contribution in [2.24, 2.45) is 4.99 Å². The zero-order valence-electron chi connectivity index (χ0n) is 12.9. The number of carboxylic acids is 2. The van der Waals surface area contributed by atoms with Crippen LogP contribution in [0.5, 0.6) is 0 Å². The predicted molar refractivity (Wildman–Crippen MR) is 88.5 cm³/mol. The molecule has 6 nitrogen and oxygen atoms in total. The standard InChI is InChI=1S/C10H12N2S.C6H10O4/c1-2-5-9(6-3-1)12-10-11-7-4-8-13-10;7-5(8)3-1-2-4-6(9)10/h1-3,5-6H,4,7-8H2,(H,11,12);1-4H2,(H,7,8)(H,9,10). The highest BCUT2D eigenvalue weighted by Crippen LogP contribution is 2.13. The molecule has 0 aliphatic carbocycles. The first-order valence-electron chi connectivity index (χ1n) is 7.59. The van der Waals surface area contributed by atoms with Gasteiger partial charge in [-0.3, -0.25) is 10.1 Å². The quantitative estimate of drug-likeness (QED) is 0.745. The minimum atomic E-state index is -1.12. The lowest BCUT2D eigenvalue weighted by Gasteiger charge is -2.08. The van der Waals surface area contributed by atoms with Gasteiger partial charge >= 0.3 is 5.97 Å². The van der Waals surface area contributed by atoms with Crippen molar-refractivity contribution in [2.45, 2.75) is 32.1 Å². The van der Waals surface area contributed by atoms with Crippen molar-refractivity contribution < 1.29 is 25.1 Å². The van der Waals surface area contributed by atoms with Crippen LogP contribution in [0.1, 0.15) is 32.1 Å². The first-order chi connectivity index (χ1) is 11.1. The van der Waals surface area contributed by atoms with Crippen LogP contribution in [0.25, 0.3) is 0 Å². The van der Waals surface area contributed by atoms with Crippen LogP contribution in [0.3, 0.4) is 0 Å². The summed E-state index contributed by atoms with van der Waals surface area (Å²) in [6.07, 6.45) is 2.07. The zero-order chi connectivity index (χ0) is 16.9. The summed E-state index contributed by atoms with van der Waals surface area (Å²) in [6, 6.07) is 10.1. The summed E-state index contributed by atoms with van der Waals surface area (Å²) in [6.45, 7) is 1.18. The van der Waals surface area contributed by atoms with Crippen LogP contribution >= 0.6 is 11.8 Å². The van der Waals surface area contributed by atoms with Gasteiger partial charge in [0.1, 0.15) is 0 Å². The molecule has 0 amide bonds. The van der Waals surface area contributed by atoms with Crippen molar-refractivity contribution in [1.82, 2.24) is 0 Å². The molecule has 1 heterocycles. The normalized spacial score (nSPS) is 15.6. The smallest absolute Gasteiger partial charge is 0.303 e. The molecule has 0 aromatic heterocycles. The number of amidine groups is 1. The maximum absolute atomic E-state index is 9.88. The topological polar surface area (TPSA) is 106 Å². The third kappa shape index (κ3) is 10.5. The maximum Gasteiger partial charge on any atom is 0.303 e. The molecule has 0 unspecified atom stereocenters. The lowest BCUT2D eigenvalue weighted by atomic mass is 10.2. The number of aliphatic carboxylic acids is 2. The molecule has 1 aliphatic rings. The molecule has 1 saturated heterocycles. The van der Waals surface area contributed by atoms with Crippen molar-refractivity contribution in [2.75, 3.05) is 12.3 Å². The van der Waals surface area contributed by atoms with Crippen LogP contribution in [0.15, 0.2) is 35.3 Å². The van der Waals surface area contributed by atoms with Crippen LogP contribution < -0.4 is 10.4 Å². The van der Waals surface area contributed by atoms with E-state index in [0.717, 1.165) is 5.69 Å². The highest BCUT2D eigenvalue weighted by molar-refractivity contribution is 8.13. The molecule has 2 rings (SSSR count). The van der Waals surface area contributed by atoms with Gasteiger partial charge in [-0.1, -0.05) is 18.2 Å². The summed E-state index contributed by atoms with van der Waals surface area (Å²) in [7, 11) is 0. The predicted octanol–water partition coefficient (Wildman–Crippen LogP) is 0.756. The SMILES string of the molecule is O=C([O-])CCCCC(=O)O.c1ccc(N=C2[NH2+]CCCS2)cc1. The third-order valence-corrected chi connectivity index (χ3v) is 3.98. The first kappa shape index (κ1) is 19.2. The minimum absolute atomic E-state index is 0.0350. The fourth-order valence-corrected chi connectivity index (χ4v) is 2.72. The van der Waals surface area contributed by atoms with E-state index >= 15 is 0 Å². The molecule has 1 aromatic rings. The van der Waals surface area contributed by atoms with Crippen molar-refractivity contribution in [3.8, 4) is 0 Å². The molecule has 0 bridgehead atoms. The summed E-state index contributed by atoms with van der Waals surface area (Å²) < 4.78 is 0. The summed E-state index contributed by atoms with van der Waals surface area (Å²) in [4.78, 5) is 24.2. The Kier molecular flexibility index (Phi) is 9.74. The van der Waals surface area contributed by atoms with Crippen LogP contribution in [0.4, 0.5) is 5.69 Å². The van der Waals surface area contributed by atoms with Gasteiger partial charge in [0, 0.05) is 24.6 Å². The maximum atomic E-state index is 9.88. The Morgan fingerprint density at radius 2 is 1.91 bits per heavy atom. The molecule has 126 valence electrons. The molecule has 0 saturated carbocycles. The zero-order valence-corrected chi connectivity index (χ0v) is 13.8. The van der Waals surface area contributed by atoms with E-state index in [1.165, 1.54) is 23.9 Å². The van der Waals surface area contributed by atoms with E-state index in [-0.39, 0.29) is 12.8 Å². The van der Waals surface area contributed by atoms with Crippen LogP contribution in [0.2, 0.25) is 0 Å². The minimum Gasteiger partial charge on any atom is -0.550 e. The Morgan fingerprint density at radius 3 is 2.48 bits per heavy atom. The second-order valence-electron chi connectivity index (χ2n) is 4.95. The molecule has 7 heteroatoms. The molecule has 3 N–H and O–H groups in total. The van der Waals surface area contributed by atoms with Crippen molar-refractivity contribution >= 4 is 34.6 Å². The molecule has 23 heavy (non-hydrogen) atoms. The van der Waals surface area contributed by atoms with E-state index in [9.17, 15) is 14.7 Å². The highest BCUT2D eigenvalue weighted by Gasteiger charge is 2.10. The molecule has 0 atom stereocenters. The molecule has 1 aromatic carbocycles. The number of hydrogen-bond donors (Lipinski definition) is 2. The summed E-state index contributed by atoms with van der Waals surface area (Å²) in [5.74, 6) is -0.800. The van der Waals surface area contributed by atoms with Crippen LogP contribution in [-0.4, -0.2) is 34.5 Å². The Hall–Kier alpha value is -1.86. The average molecular weight is 338 g/mol. The fourth-order valence-electron chi connectivity index (χ4n) is 1.80. The van der Waals surface area contributed by atoms with E-state index in [4.69, 9.17) is 5.11 Å². The number of nitrogens with two attached hydrogens (primary N) is 1. The summed E-state index contributed by atoms with van der Waals surface area (Å²) >= 11 is 1.85. The summed E-state index contributed by atoms with van der Waals surface area (Å²) in [5, 5.41) is 21.3.